The number of nitrogens with zero attached hydrogens (tertiary/aromatic N) is 4. The van der Waals surface area contributed by atoms with E-state index in [1.807, 2.05) is 61.5 Å². The highest BCUT2D eigenvalue weighted by molar-refractivity contribution is 6.30. The van der Waals surface area contributed by atoms with Crippen LogP contribution in [0.15, 0.2) is 48.5 Å². The van der Waals surface area contributed by atoms with E-state index in [4.69, 9.17) is 27.3 Å². The van der Waals surface area contributed by atoms with Gasteiger partial charge in [0.2, 0.25) is 11.9 Å². The number of aromatic nitrogens is 2. The third-order valence-corrected chi connectivity index (χ3v) is 6.31. The average Bonchev–Trinajstić information content (AvgIpc) is 2.78. The van der Waals surface area contributed by atoms with Gasteiger partial charge < -0.3 is 15.5 Å². The van der Waals surface area contributed by atoms with E-state index in [0.29, 0.717) is 17.5 Å². The number of rotatable bonds is 6. The Labute approximate surface area is 188 Å². The fourth-order valence-corrected chi connectivity index (χ4v) is 4.46. The van der Waals surface area contributed by atoms with Gasteiger partial charge in [-0.3, -0.25) is 4.79 Å². The van der Waals surface area contributed by atoms with Crippen LogP contribution >= 0.6 is 11.6 Å². The molecule has 2 aromatic carbocycles. The van der Waals surface area contributed by atoms with Crippen LogP contribution in [0.2, 0.25) is 5.02 Å². The molecule has 162 valence electrons. The van der Waals surface area contributed by atoms with Crippen LogP contribution in [0.4, 0.5) is 11.8 Å². The van der Waals surface area contributed by atoms with Crippen LogP contribution in [-0.2, 0) is 11.3 Å². The summed E-state index contributed by atoms with van der Waals surface area (Å²) in [7, 11) is 4.00. The summed E-state index contributed by atoms with van der Waals surface area (Å²) in [5.74, 6) is 1.37. The van der Waals surface area contributed by atoms with Gasteiger partial charge in [0.05, 0.1) is 5.52 Å². The van der Waals surface area contributed by atoms with Crippen LogP contribution in [0.5, 0.6) is 0 Å². The Morgan fingerprint density at radius 2 is 1.71 bits per heavy atom. The lowest BCUT2D eigenvalue weighted by Gasteiger charge is -2.37. The molecule has 0 saturated heterocycles. The molecule has 1 heterocycles. The SMILES string of the molecule is CN(C)c1nc(N(Cc2ccc(Cl)cc2)C2CCC(C(N)=O)CC2)nc2ccccc12. The zero-order valence-corrected chi connectivity index (χ0v) is 18.7. The molecule has 0 aliphatic heterocycles. The molecule has 4 rings (SSSR count). The minimum Gasteiger partial charge on any atom is -0.369 e. The maximum Gasteiger partial charge on any atom is 0.228 e. The van der Waals surface area contributed by atoms with Gasteiger partial charge in [-0.15, -0.1) is 0 Å². The van der Waals surface area contributed by atoms with Crippen molar-refractivity contribution in [2.75, 3.05) is 23.9 Å². The number of fused-ring (bicyclic) bond motifs is 1. The monoisotopic (exact) mass is 437 g/mol. The zero-order chi connectivity index (χ0) is 22.0. The fourth-order valence-electron chi connectivity index (χ4n) is 4.34. The van der Waals surface area contributed by atoms with Crippen molar-refractivity contribution < 1.29 is 4.79 Å². The molecule has 3 aromatic rings. The molecular formula is C24H28ClN5O. The minimum atomic E-state index is -0.195. The Morgan fingerprint density at radius 3 is 2.35 bits per heavy atom. The number of hydrogen-bond donors (Lipinski definition) is 1. The highest BCUT2D eigenvalue weighted by atomic mass is 35.5. The highest BCUT2D eigenvalue weighted by Crippen LogP contribution is 2.33. The summed E-state index contributed by atoms with van der Waals surface area (Å²) >= 11 is 6.09. The van der Waals surface area contributed by atoms with E-state index < -0.39 is 0 Å². The third kappa shape index (κ3) is 4.74. The van der Waals surface area contributed by atoms with Crippen molar-refractivity contribution in [1.29, 1.82) is 0 Å². The van der Waals surface area contributed by atoms with Gasteiger partial charge in [-0.1, -0.05) is 35.9 Å². The Kier molecular flexibility index (Phi) is 6.28. The van der Waals surface area contributed by atoms with Gasteiger partial charge in [0.25, 0.3) is 0 Å². The van der Waals surface area contributed by atoms with E-state index in [2.05, 4.69) is 11.0 Å². The van der Waals surface area contributed by atoms with Gasteiger partial charge >= 0.3 is 0 Å². The molecule has 31 heavy (non-hydrogen) atoms. The largest absolute Gasteiger partial charge is 0.369 e. The van der Waals surface area contributed by atoms with Gasteiger partial charge in [0.1, 0.15) is 5.82 Å². The maximum atomic E-state index is 11.7. The lowest BCUT2D eigenvalue weighted by molar-refractivity contribution is -0.122. The Balaban J connectivity index is 1.73. The number of carbonyl (C=O) groups is 1. The minimum absolute atomic E-state index is 0.0384. The maximum absolute atomic E-state index is 11.7. The number of anilines is 2. The summed E-state index contributed by atoms with van der Waals surface area (Å²) in [5, 5.41) is 1.74. The Bertz CT molecular complexity index is 1060. The van der Waals surface area contributed by atoms with Crippen molar-refractivity contribution in [3.05, 3.63) is 59.1 Å². The molecule has 0 atom stereocenters. The first kappa shape index (κ1) is 21.4. The van der Waals surface area contributed by atoms with E-state index >= 15 is 0 Å². The van der Waals surface area contributed by atoms with Gasteiger partial charge in [-0.25, -0.2) is 4.98 Å². The zero-order valence-electron chi connectivity index (χ0n) is 18.0. The second-order valence-electron chi connectivity index (χ2n) is 8.42. The molecular weight excluding hydrogens is 410 g/mol. The van der Waals surface area contributed by atoms with Crippen molar-refractivity contribution in [3.8, 4) is 0 Å². The van der Waals surface area contributed by atoms with E-state index in [9.17, 15) is 4.79 Å². The summed E-state index contributed by atoms with van der Waals surface area (Å²) < 4.78 is 0. The number of halogens is 1. The molecule has 1 aliphatic carbocycles. The highest BCUT2D eigenvalue weighted by Gasteiger charge is 2.30. The molecule has 1 aliphatic rings. The normalized spacial score (nSPS) is 18.7. The van der Waals surface area contributed by atoms with Crippen LogP contribution in [0, 0.1) is 5.92 Å². The number of nitrogens with two attached hydrogens (primary N) is 1. The molecule has 0 unspecified atom stereocenters. The molecule has 0 spiro atoms. The molecule has 1 aromatic heterocycles. The molecule has 7 heteroatoms. The summed E-state index contributed by atoms with van der Waals surface area (Å²) in [4.78, 5) is 25.9. The van der Waals surface area contributed by atoms with Crippen LogP contribution in [0.25, 0.3) is 10.9 Å². The van der Waals surface area contributed by atoms with E-state index in [-0.39, 0.29) is 17.9 Å². The van der Waals surface area contributed by atoms with E-state index in [1.165, 1.54) is 0 Å². The van der Waals surface area contributed by atoms with Crippen LogP contribution in [0.1, 0.15) is 31.2 Å². The van der Waals surface area contributed by atoms with Gasteiger partial charge in [-0.05, 0) is 55.5 Å². The second-order valence-corrected chi connectivity index (χ2v) is 8.86. The first-order chi connectivity index (χ1) is 14.9. The molecule has 1 amide bonds. The summed E-state index contributed by atoms with van der Waals surface area (Å²) in [5.41, 5.74) is 7.62. The first-order valence-corrected chi connectivity index (χ1v) is 11.0. The lowest BCUT2D eigenvalue weighted by Crippen LogP contribution is -2.41. The van der Waals surface area contributed by atoms with E-state index in [0.717, 1.165) is 48.0 Å². The molecule has 0 bridgehead atoms. The summed E-state index contributed by atoms with van der Waals surface area (Å²) in [6.07, 6.45) is 3.36. The number of primary amides is 1. The molecule has 1 saturated carbocycles. The van der Waals surface area contributed by atoms with Crippen molar-refractivity contribution in [2.45, 2.75) is 38.3 Å². The lowest BCUT2D eigenvalue weighted by atomic mass is 9.85. The Morgan fingerprint density at radius 1 is 1.03 bits per heavy atom. The quantitative estimate of drug-likeness (QED) is 0.618. The average molecular weight is 438 g/mol. The van der Waals surface area contributed by atoms with Crippen LogP contribution in [0.3, 0.4) is 0 Å². The predicted molar refractivity (Wildman–Crippen MR) is 126 cm³/mol. The Hall–Kier alpha value is -2.86. The van der Waals surface area contributed by atoms with Gasteiger partial charge in [-0.2, -0.15) is 4.98 Å². The van der Waals surface area contributed by atoms with Crippen LogP contribution in [-0.4, -0.2) is 36.0 Å². The van der Waals surface area contributed by atoms with Crippen molar-refractivity contribution >= 4 is 40.2 Å². The van der Waals surface area contributed by atoms with Crippen molar-refractivity contribution in [1.82, 2.24) is 9.97 Å². The summed E-state index contributed by atoms with van der Waals surface area (Å²) in [6.45, 7) is 0.675. The number of amides is 1. The topological polar surface area (TPSA) is 75.3 Å². The molecule has 1 fully saturated rings. The first-order valence-electron chi connectivity index (χ1n) is 10.7. The fraction of sp³-hybridized carbons (Fsp3) is 0.375. The molecule has 2 N–H and O–H groups in total. The second kappa shape index (κ2) is 9.10. The number of carbonyl (C=O) groups excluding carboxylic acids is 1. The van der Waals surface area contributed by atoms with Crippen molar-refractivity contribution in [3.63, 3.8) is 0 Å². The standard InChI is InChI=1S/C24H28ClN5O/c1-29(2)23-20-5-3-4-6-21(20)27-24(28-23)30(15-16-7-11-18(25)12-8-16)19-13-9-17(10-14-19)22(26)31/h3-8,11-12,17,19H,9-10,13-15H2,1-2H3,(H2,26,31). The predicted octanol–water partition coefficient (Wildman–Crippen LogP) is 4.40. The summed E-state index contributed by atoms with van der Waals surface area (Å²) in [6, 6.07) is 16.2. The van der Waals surface area contributed by atoms with Crippen LogP contribution < -0.4 is 15.5 Å². The number of benzene rings is 2. The van der Waals surface area contributed by atoms with Gasteiger partial charge in [0.15, 0.2) is 0 Å². The number of para-hydroxylation sites is 1. The third-order valence-electron chi connectivity index (χ3n) is 6.06. The smallest absolute Gasteiger partial charge is 0.228 e. The van der Waals surface area contributed by atoms with Crippen molar-refractivity contribution in [2.24, 2.45) is 11.7 Å². The molecule has 0 radical (unpaired) electrons. The molecule has 6 nitrogen and oxygen atoms in total. The number of hydrogen-bond acceptors (Lipinski definition) is 5. The van der Waals surface area contributed by atoms with Gasteiger partial charge in [0, 0.05) is 43.0 Å². The van der Waals surface area contributed by atoms with E-state index in [1.54, 1.807) is 0 Å².